The molecule has 1 saturated carbocycles. The molecule has 0 aromatic heterocycles. The maximum Gasteiger partial charge on any atom is 0.416 e. The maximum absolute atomic E-state index is 13.7. The fraction of sp³-hybridized carbons (Fsp3) is 0.375. The number of halogens is 4. The highest BCUT2D eigenvalue weighted by molar-refractivity contribution is 6.30. The van der Waals surface area contributed by atoms with Gasteiger partial charge in [-0.2, -0.15) is 13.2 Å². The van der Waals surface area contributed by atoms with Crippen LogP contribution >= 0.6 is 11.6 Å². The topological polar surface area (TPSA) is 28.2 Å². The maximum atomic E-state index is 13.7. The first kappa shape index (κ1) is 27.9. The van der Waals surface area contributed by atoms with E-state index in [4.69, 9.17) is 21.1 Å². The van der Waals surface area contributed by atoms with E-state index in [0.29, 0.717) is 28.6 Å². The number of hydrogen-bond donors (Lipinski definition) is 0. The van der Waals surface area contributed by atoms with Crippen LogP contribution in [-0.4, -0.2) is 55.7 Å². The molecule has 9 heteroatoms. The van der Waals surface area contributed by atoms with E-state index < -0.39 is 11.7 Å². The monoisotopic (exact) mass is 583 g/mol. The Labute approximate surface area is 243 Å². The number of ether oxygens (including phenoxy) is 2. The third kappa shape index (κ3) is 6.66. The van der Waals surface area contributed by atoms with E-state index in [1.54, 1.807) is 12.1 Å². The van der Waals surface area contributed by atoms with Gasteiger partial charge in [0.1, 0.15) is 17.3 Å². The summed E-state index contributed by atoms with van der Waals surface area (Å²) in [5, 5.41) is 0.637. The van der Waals surface area contributed by atoms with Crippen molar-refractivity contribution in [3.63, 3.8) is 0 Å². The molecule has 5 nitrogen and oxygen atoms in total. The second-order valence-electron chi connectivity index (χ2n) is 10.7. The lowest BCUT2D eigenvalue weighted by molar-refractivity contribution is -0.137. The highest BCUT2D eigenvalue weighted by atomic mass is 35.5. The molecule has 2 aliphatic heterocycles. The molecule has 3 fully saturated rings. The lowest BCUT2D eigenvalue weighted by Gasteiger charge is -2.30. The Kier molecular flexibility index (Phi) is 8.15. The van der Waals surface area contributed by atoms with Crippen LogP contribution in [0, 0.1) is 0 Å². The summed E-state index contributed by atoms with van der Waals surface area (Å²) in [6, 6.07) is 20.5. The summed E-state index contributed by atoms with van der Waals surface area (Å²) in [6.07, 6.45) is -1.39. The molecule has 0 radical (unpaired) electrons. The zero-order valence-corrected chi connectivity index (χ0v) is 23.5. The van der Waals surface area contributed by atoms with Crippen LogP contribution in [0.15, 0.2) is 84.2 Å². The van der Waals surface area contributed by atoms with Gasteiger partial charge in [-0.25, -0.2) is 0 Å². The van der Waals surface area contributed by atoms with Gasteiger partial charge in [0.05, 0.1) is 24.8 Å². The minimum atomic E-state index is -4.39. The Morgan fingerprint density at radius 3 is 2.22 bits per heavy atom. The highest BCUT2D eigenvalue weighted by Gasteiger charge is 2.40. The van der Waals surface area contributed by atoms with Gasteiger partial charge in [0.15, 0.2) is 0 Å². The Balaban J connectivity index is 1.28. The van der Waals surface area contributed by atoms with Crippen LogP contribution in [0.25, 0.3) is 0 Å². The number of rotatable bonds is 8. The molecule has 216 valence electrons. The molecule has 0 spiro atoms. The van der Waals surface area contributed by atoms with Crippen molar-refractivity contribution in [2.24, 2.45) is 0 Å². The fourth-order valence-corrected chi connectivity index (χ4v) is 5.78. The summed E-state index contributed by atoms with van der Waals surface area (Å²) in [4.78, 5) is 7.04. The third-order valence-corrected chi connectivity index (χ3v) is 8.07. The van der Waals surface area contributed by atoms with Gasteiger partial charge in [-0.1, -0.05) is 23.7 Å². The van der Waals surface area contributed by atoms with Gasteiger partial charge < -0.3 is 19.3 Å². The number of allylic oxidation sites excluding steroid dienone is 1. The second kappa shape index (κ2) is 12.0. The minimum absolute atomic E-state index is 0.244. The van der Waals surface area contributed by atoms with Gasteiger partial charge in [0.2, 0.25) is 0 Å². The number of anilines is 1. The van der Waals surface area contributed by atoms with Gasteiger partial charge in [0, 0.05) is 43.4 Å². The largest absolute Gasteiger partial charge is 0.457 e. The molecule has 1 atom stereocenters. The van der Waals surface area contributed by atoms with Crippen molar-refractivity contribution in [2.75, 3.05) is 50.8 Å². The van der Waals surface area contributed by atoms with Crippen LogP contribution in [0.1, 0.15) is 36.4 Å². The summed E-state index contributed by atoms with van der Waals surface area (Å²) in [5.41, 5.74) is 2.33. The number of benzene rings is 3. The first-order valence-electron chi connectivity index (χ1n) is 14.1. The molecule has 0 bridgehead atoms. The standard InChI is InChI=1S/C32H33ClF3N3O2/c33-26-7-11-28(12-8-26)41-29-13-9-27(10-14-29)39-30(24-3-1-4-25(21-24)32(34,35)36)22-38(31(39)23-5-6-23)16-2-15-37-17-19-40-20-18-37/h1,3-4,7-14,21,30H,2,5-6,15-20,22H2. The Bertz CT molecular complexity index is 1370. The van der Waals surface area contributed by atoms with Crippen molar-refractivity contribution < 1.29 is 22.6 Å². The summed E-state index contributed by atoms with van der Waals surface area (Å²) in [7, 11) is 0. The fourth-order valence-electron chi connectivity index (χ4n) is 5.66. The predicted octanol–water partition coefficient (Wildman–Crippen LogP) is 7.74. The van der Waals surface area contributed by atoms with Gasteiger partial charge in [0.25, 0.3) is 0 Å². The third-order valence-electron chi connectivity index (χ3n) is 7.82. The van der Waals surface area contributed by atoms with E-state index in [1.165, 1.54) is 17.7 Å². The van der Waals surface area contributed by atoms with Crippen molar-refractivity contribution >= 4 is 17.3 Å². The molecule has 41 heavy (non-hydrogen) atoms. The number of nitrogens with zero attached hydrogens (tertiary/aromatic N) is 3. The zero-order valence-electron chi connectivity index (χ0n) is 22.7. The average Bonchev–Trinajstić information content (AvgIpc) is 3.75. The highest BCUT2D eigenvalue weighted by Crippen LogP contribution is 2.46. The quantitative estimate of drug-likeness (QED) is 0.270. The van der Waals surface area contributed by atoms with Crippen LogP contribution in [-0.2, 0) is 10.9 Å². The van der Waals surface area contributed by atoms with E-state index in [2.05, 4.69) is 14.7 Å². The van der Waals surface area contributed by atoms with Gasteiger partial charge in [-0.15, -0.1) is 0 Å². The predicted molar refractivity (Wildman–Crippen MR) is 154 cm³/mol. The molecule has 3 aromatic carbocycles. The van der Waals surface area contributed by atoms with Crippen LogP contribution < -0.4 is 9.64 Å². The molecule has 0 amide bonds. The summed E-state index contributed by atoms with van der Waals surface area (Å²) >= 11 is 6.00. The zero-order chi connectivity index (χ0) is 28.4. The second-order valence-corrected chi connectivity index (χ2v) is 11.2. The lowest BCUT2D eigenvalue weighted by Crippen LogP contribution is -2.38. The van der Waals surface area contributed by atoms with Crippen LogP contribution in [0.5, 0.6) is 11.5 Å². The number of hydrogen-bond acceptors (Lipinski definition) is 5. The first-order valence-corrected chi connectivity index (χ1v) is 14.5. The van der Waals surface area contributed by atoms with E-state index in [0.717, 1.165) is 76.2 Å². The van der Waals surface area contributed by atoms with E-state index in [1.807, 2.05) is 42.5 Å². The van der Waals surface area contributed by atoms with Crippen molar-refractivity contribution in [2.45, 2.75) is 31.5 Å². The first-order chi connectivity index (χ1) is 19.8. The molecule has 1 aliphatic carbocycles. The molecule has 2 saturated heterocycles. The molecular formula is C32H33ClF3N3O2. The van der Waals surface area contributed by atoms with E-state index in [9.17, 15) is 13.2 Å². The number of morpholine rings is 1. The van der Waals surface area contributed by atoms with Crippen molar-refractivity contribution in [3.05, 3.63) is 100 Å². The van der Waals surface area contributed by atoms with Gasteiger partial charge >= 0.3 is 6.18 Å². The Morgan fingerprint density at radius 2 is 1.56 bits per heavy atom. The van der Waals surface area contributed by atoms with E-state index in [-0.39, 0.29) is 6.04 Å². The Hall–Kier alpha value is -3.20. The molecule has 0 N–H and O–H groups in total. The minimum Gasteiger partial charge on any atom is -0.457 e. The Morgan fingerprint density at radius 1 is 0.878 bits per heavy atom. The molecule has 1 unspecified atom stereocenters. The average molecular weight is 584 g/mol. The van der Waals surface area contributed by atoms with Crippen molar-refractivity contribution in [3.8, 4) is 11.5 Å². The molecule has 3 aliphatic rings. The molecular weight excluding hydrogens is 551 g/mol. The molecule has 6 rings (SSSR count). The summed E-state index contributed by atoms with van der Waals surface area (Å²) in [6.45, 7) is 5.87. The molecule has 3 aromatic rings. The molecule has 2 heterocycles. The van der Waals surface area contributed by atoms with Crippen molar-refractivity contribution in [1.29, 1.82) is 0 Å². The van der Waals surface area contributed by atoms with Gasteiger partial charge in [-0.05, 0) is 91.1 Å². The SMILES string of the molecule is FC(F)(F)c1cccc(C2CN(CCCN3CCOCC3)C(=C3CC3)N2c2ccc(Oc3ccc(Cl)cc3)cc2)c1. The smallest absolute Gasteiger partial charge is 0.416 e. The van der Waals surface area contributed by atoms with E-state index >= 15 is 0 Å². The van der Waals surface area contributed by atoms with Crippen LogP contribution in [0.4, 0.5) is 18.9 Å². The lowest BCUT2D eigenvalue weighted by atomic mass is 10.0. The van der Waals surface area contributed by atoms with Crippen LogP contribution in [0.2, 0.25) is 5.02 Å². The van der Waals surface area contributed by atoms with Crippen molar-refractivity contribution in [1.82, 2.24) is 9.80 Å². The summed E-state index contributed by atoms with van der Waals surface area (Å²) in [5.74, 6) is 2.49. The van der Waals surface area contributed by atoms with Crippen LogP contribution in [0.3, 0.4) is 0 Å². The number of alkyl halides is 3. The van der Waals surface area contributed by atoms with Gasteiger partial charge in [-0.3, -0.25) is 4.90 Å². The normalized spacial score (nSPS) is 19.7. The summed E-state index contributed by atoms with van der Waals surface area (Å²) < 4.78 is 52.5.